The highest BCUT2D eigenvalue weighted by Gasteiger charge is 2.21. The Balaban J connectivity index is 4.39. The summed E-state index contributed by atoms with van der Waals surface area (Å²) in [6.07, 6.45) is 48.5. The first-order valence-corrected chi connectivity index (χ1v) is 24.8. The first-order valence-electron chi connectivity index (χ1n) is 24.8. The van der Waals surface area contributed by atoms with Crippen molar-refractivity contribution in [3.8, 4) is 0 Å². The summed E-state index contributed by atoms with van der Waals surface area (Å²) in [4.78, 5) is 37.1. The first-order chi connectivity index (χ1) is 29.6. The summed E-state index contributed by atoms with van der Waals surface area (Å²) in [6.45, 7) is 4.68. The zero-order valence-electron chi connectivity index (χ0n) is 40.0. The monoisotopic (exact) mass is 860 g/mol. The predicted molar refractivity (Wildman–Crippen MR) is 251 cm³/mol. The fourth-order valence-corrected chi connectivity index (χ4v) is 6.65. The fraction of sp³-hybridized carbons (Fsp3) is 0.788. The summed E-state index contributed by atoms with van der Waals surface area (Å²) >= 11 is 0. The highest BCUT2D eigenvalue weighted by Crippen LogP contribution is 2.14. The minimum Gasteiger partial charge on any atom is -0.545 e. The zero-order valence-corrected chi connectivity index (χ0v) is 40.0. The molecule has 61 heavy (non-hydrogen) atoms. The third kappa shape index (κ3) is 45.1. The predicted octanol–water partition coefficient (Wildman–Crippen LogP) is 12.2. The van der Waals surface area contributed by atoms with E-state index in [1.165, 1.54) is 103 Å². The topological polar surface area (TPSA) is 111 Å². The number of carbonyl (C=O) groups is 3. The molecule has 0 fully saturated rings. The maximum Gasteiger partial charge on any atom is 0.306 e. The summed E-state index contributed by atoms with van der Waals surface area (Å²) < 4.78 is 22.6. The average molecular weight is 860 g/mol. The molecule has 9 heteroatoms. The van der Waals surface area contributed by atoms with E-state index in [0.29, 0.717) is 17.4 Å². The van der Waals surface area contributed by atoms with Gasteiger partial charge in [0.25, 0.3) is 0 Å². The van der Waals surface area contributed by atoms with E-state index in [1.807, 2.05) is 21.1 Å². The molecular formula is C52H93NO8. The van der Waals surface area contributed by atoms with Gasteiger partial charge in [0.05, 0.1) is 40.3 Å². The molecule has 2 atom stereocenters. The Labute approximate surface area is 374 Å². The van der Waals surface area contributed by atoms with Crippen molar-refractivity contribution >= 4 is 17.9 Å². The quantitative estimate of drug-likeness (QED) is 0.0196. The molecule has 0 aliphatic carbocycles. The molecule has 0 aromatic heterocycles. The lowest BCUT2D eigenvalue weighted by molar-refractivity contribution is -0.870. The molecule has 0 aliphatic rings. The van der Waals surface area contributed by atoms with Gasteiger partial charge in [-0.15, -0.1) is 0 Å². The number of hydrogen-bond acceptors (Lipinski definition) is 8. The van der Waals surface area contributed by atoms with E-state index in [2.05, 4.69) is 62.5 Å². The molecule has 0 bridgehead atoms. The van der Waals surface area contributed by atoms with E-state index in [0.717, 1.165) is 70.6 Å². The molecule has 0 radical (unpaired) electrons. The van der Waals surface area contributed by atoms with Crippen LogP contribution in [0.1, 0.15) is 206 Å². The van der Waals surface area contributed by atoms with Crippen LogP contribution in [-0.4, -0.2) is 82.3 Å². The largest absolute Gasteiger partial charge is 0.545 e. The molecule has 9 nitrogen and oxygen atoms in total. The van der Waals surface area contributed by atoms with Crippen LogP contribution in [0.4, 0.5) is 0 Å². The maximum absolute atomic E-state index is 12.8. The number of hydrogen-bond donors (Lipinski definition) is 0. The van der Waals surface area contributed by atoms with E-state index in [4.69, 9.17) is 18.9 Å². The molecule has 0 heterocycles. The lowest BCUT2D eigenvalue weighted by Crippen LogP contribution is -2.44. The molecule has 0 saturated heterocycles. The van der Waals surface area contributed by atoms with Gasteiger partial charge >= 0.3 is 11.9 Å². The highest BCUT2D eigenvalue weighted by atomic mass is 16.7. The number of aliphatic carboxylic acids is 1. The zero-order chi connectivity index (χ0) is 44.9. The molecular weight excluding hydrogens is 767 g/mol. The highest BCUT2D eigenvalue weighted by molar-refractivity contribution is 5.70. The van der Waals surface area contributed by atoms with Crippen molar-refractivity contribution in [3.05, 3.63) is 48.6 Å². The van der Waals surface area contributed by atoms with Crippen molar-refractivity contribution in [2.45, 2.75) is 219 Å². The van der Waals surface area contributed by atoms with Gasteiger partial charge in [0.2, 0.25) is 0 Å². The van der Waals surface area contributed by atoms with Gasteiger partial charge in [-0.1, -0.05) is 165 Å². The van der Waals surface area contributed by atoms with Crippen LogP contribution in [0.2, 0.25) is 0 Å². The molecule has 0 rings (SSSR count). The van der Waals surface area contributed by atoms with Gasteiger partial charge in [-0.2, -0.15) is 0 Å². The SMILES string of the molecule is CCCCC/C=C\C/C=C\CCCCCCCCCCCC(=O)OC(COC(=O)CCCCCCCCC/C=C\C/C=C\CCCCC)COC(OCC[N+](C)(C)C)C(=O)[O-]. The second kappa shape index (κ2) is 43.9. The first kappa shape index (κ1) is 58.2. The normalized spacial score (nSPS) is 13.3. The van der Waals surface area contributed by atoms with Crippen LogP contribution in [0.15, 0.2) is 48.6 Å². The minimum atomic E-state index is -1.62. The Kier molecular flexibility index (Phi) is 41.9. The lowest BCUT2D eigenvalue weighted by Gasteiger charge is -2.26. The van der Waals surface area contributed by atoms with E-state index < -0.39 is 24.3 Å². The van der Waals surface area contributed by atoms with E-state index >= 15 is 0 Å². The van der Waals surface area contributed by atoms with Crippen LogP contribution >= 0.6 is 0 Å². The molecule has 0 amide bonds. The number of carbonyl (C=O) groups excluding carboxylic acids is 3. The van der Waals surface area contributed by atoms with E-state index in [-0.39, 0.29) is 38.6 Å². The van der Waals surface area contributed by atoms with Gasteiger partial charge in [0.15, 0.2) is 12.4 Å². The Morgan fingerprint density at radius 2 is 0.885 bits per heavy atom. The number of unbranched alkanes of at least 4 members (excludes halogenated alkanes) is 22. The smallest absolute Gasteiger partial charge is 0.306 e. The minimum absolute atomic E-state index is 0.144. The van der Waals surface area contributed by atoms with Crippen molar-refractivity contribution in [2.24, 2.45) is 0 Å². The Bertz CT molecular complexity index is 1140. The summed E-state index contributed by atoms with van der Waals surface area (Å²) in [6, 6.07) is 0. The van der Waals surface area contributed by atoms with Crippen LogP contribution in [0, 0.1) is 0 Å². The number of likely N-dealkylation sites (N-methyl/N-ethyl adjacent to an activating group) is 1. The molecule has 0 aliphatic heterocycles. The van der Waals surface area contributed by atoms with E-state index in [1.54, 1.807) is 0 Å². The van der Waals surface area contributed by atoms with Crippen LogP contribution in [0.3, 0.4) is 0 Å². The number of esters is 2. The second-order valence-electron chi connectivity index (χ2n) is 17.7. The number of carboxylic acid groups (broad SMARTS) is 1. The van der Waals surface area contributed by atoms with Gasteiger partial charge in [-0.05, 0) is 77.0 Å². The molecule has 354 valence electrons. The molecule has 0 saturated carbocycles. The number of rotatable bonds is 45. The van der Waals surface area contributed by atoms with Crippen LogP contribution < -0.4 is 5.11 Å². The number of quaternary nitrogens is 1. The van der Waals surface area contributed by atoms with Gasteiger partial charge in [0, 0.05) is 12.8 Å². The molecule has 0 N–H and O–H groups in total. The summed E-state index contributed by atoms with van der Waals surface area (Å²) in [5.74, 6) is -2.30. The van der Waals surface area contributed by atoms with Crippen molar-refractivity contribution < 1.29 is 42.9 Å². The number of carboxylic acids is 1. The Hall–Kier alpha value is -2.75. The molecule has 0 aromatic carbocycles. The van der Waals surface area contributed by atoms with Gasteiger partial charge in [-0.25, -0.2) is 0 Å². The third-order valence-corrected chi connectivity index (χ3v) is 10.5. The lowest BCUT2D eigenvalue weighted by atomic mass is 10.1. The van der Waals surface area contributed by atoms with Gasteiger partial charge in [0.1, 0.15) is 13.2 Å². The summed E-state index contributed by atoms with van der Waals surface area (Å²) in [7, 11) is 5.91. The fourth-order valence-electron chi connectivity index (χ4n) is 6.65. The second-order valence-corrected chi connectivity index (χ2v) is 17.7. The maximum atomic E-state index is 12.8. The van der Waals surface area contributed by atoms with Crippen molar-refractivity contribution in [2.75, 3.05) is 47.5 Å². The Morgan fingerprint density at radius 3 is 1.30 bits per heavy atom. The average Bonchev–Trinajstić information content (AvgIpc) is 3.22. The van der Waals surface area contributed by atoms with Crippen LogP contribution in [0.5, 0.6) is 0 Å². The van der Waals surface area contributed by atoms with Crippen molar-refractivity contribution in [1.82, 2.24) is 0 Å². The Morgan fingerprint density at radius 1 is 0.492 bits per heavy atom. The number of ether oxygens (including phenoxy) is 4. The standard InChI is InChI=1S/C52H93NO8/c1-6-8-10-12-14-16-18-20-22-24-25-27-29-31-33-35-37-39-41-43-50(55)61-48(47-60-52(51(56)57)58-45-44-53(3,4)5)46-59-49(54)42-40-38-36-34-32-30-28-26-23-21-19-17-15-13-11-9-7-2/h14-17,20-23,48,52H,6-13,18-19,24-47H2,1-5H3/b16-14-,17-15-,22-20-,23-21-. The summed E-state index contributed by atoms with van der Waals surface area (Å²) in [5, 5.41) is 11.7. The van der Waals surface area contributed by atoms with Crippen molar-refractivity contribution in [3.63, 3.8) is 0 Å². The van der Waals surface area contributed by atoms with Gasteiger partial charge < -0.3 is 33.3 Å². The van der Waals surface area contributed by atoms with Crippen molar-refractivity contribution in [1.29, 1.82) is 0 Å². The van der Waals surface area contributed by atoms with Gasteiger partial charge in [-0.3, -0.25) is 9.59 Å². The number of allylic oxidation sites excluding steroid dienone is 8. The number of nitrogens with zero attached hydrogens (tertiary/aromatic N) is 1. The van der Waals surface area contributed by atoms with E-state index in [9.17, 15) is 19.5 Å². The molecule has 0 aromatic rings. The van der Waals surface area contributed by atoms with Crippen LogP contribution in [0.25, 0.3) is 0 Å². The van der Waals surface area contributed by atoms with Crippen LogP contribution in [-0.2, 0) is 33.3 Å². The molecule has 2 unspecified atom stereocenters. The summed E-state index contributed by atoms with van der Waals surface area (Å²) in [5.41, 5.74) is 0. The third-order valence-electron chi connectivity index (χ3n) is 10.5. The molecule has 0 spiro atoms.